The fourth-order valence-corrected chi connectivity index (χ4v) is 3.42. The van der Waals surface area contributed by atoms with Crippen LogP contribution in [0.5, 0.6) is 0 Å². The van der Waals surface area contributed by atoms with Crippen LogP contribution in [-0.2, 0) is 10.0 Å². The molecule has 0 unspecified atom stereocenters. The molecular formula is C7H6BrClFNO2S. The standard InChI is InChI=1S/C7H6BrClFNO2S/c1-11-14(12,13)7-5(8)2-4(10)3-6(7)9/h2-3,11H,1H3. The van der Waals surface area contributed by atoms with Crippen molar-refractivity contribution in [2.75, 3.05) is 7.05 Å². The average molecular weight is 303 g/mol. The molecule has 1 N–H and O–H groups in total. The maximum absolute atomic E-state index is 12.8. The van der Waals surface area contributed by atoms with Gasteiger partial charge < -0.3 is 0 Å². The highest BCUT2D eigenvalue weighted by Gasteiger charge is 2.20. The van der Waals surface area contributed by atoms with Gasteiger partial charge in [-0.1, -0.05) is 11.6 Å². The lowest BCUT2D eigenvalue weighted by molar-refractivity contribution is 0.586. The summed E-state index contributed by atoms with van der Waals surface area (Å²) in [6.45, 7) is 0. The molecule has 0 spiro atoms. The van der Waals surface area contributed by atoms with Crippen LogP contribution in [0.2, 0.25) is 5.02 Å². The van der Waals surface area contributed by atoms with Crippen LogP contribution in [0.15, 0.2) is 21.5 Å². The molecule has 1 aromatic carbocycles. The molecule has 1 rings (SSSR count). The van der Waals surface area contributed by atoms with E-state index in [4.69, 9.17) is 11.6 Å². The van der Waals surface area contributed by atoms with Crippen molar-refractivity contribution in [1.82, 2.24) is 4.72 Å². The van der Waals surface area contributed by atoms with Gasteiger partial charge in [0, 0.05) is 4.47 Å². The lowest BCUT2D eigenvalue weighted by Gasteiger charge is -2.07. The van der Waals surface area contributed by atoms with Crippen molar-refractivity contribution in [3.63, 3.8) is 0 Å². The first-order chi connectivity index (χ1) is 6.38. The minimum Gasteiger partial charge on any atom is -0.214 e. The maximum atomic E-state index is 12.8. The number of hydrogen-bond donors (Lipinski definition) is 1. The SMILES string of the molecule is CNS(=O)(=O)c1c(Cl)cc(F)cc1Br. The first-order valence-corrected chi connectivity index (χ1v) is 6.12. The Kier molecular flexibility index (Phi) is 3.52. The van der Waals surface area contributed by atoms with Crippen LogP contribution in [-0.4, -0.2) is 15.5 Å². The molecule has 0 bridgehead atoms. The number of hydrogen-bond acceptors (Lipinski definition) is 2. The second-order valence-electron chi connectivity index (χ2n) is 2.41. The van der Waals surface area contributed by atoms with Crippen LogP contribution in [0.3, 0.4) is 0 Å². The topological polar surface area (TPSA) is 46.2 Å². The van der Waals surface area contributed by atoms with Crippen LogP contribution >= 0.6 is 27.5 Å². The molecule has 0 amide bonds. The Labute approximate surface area is 94.4 Å². The van der Waals surface area contributed by atoms with E-state index in [1.54, 1.807) is 0 Å². The predicted molar refractivity (Wildman–Crippen MR) is 55.4 cm³/mol. The predicted octanol–water partition coefficient (Wildman–Crippen LogP) is 2.15. The summed E-state index contributed by atoms with van der Waals surface area (Å²) in [7, 11) is -2.42. The fraction of sp³-hybridized carbons (Fsp3) is 0.143. The van der Waals surface area contributed by atoms with Gasteiger partial charge in [0.15, 0.2) is 0 Å². The molecule has 7 heteroatoms. The zero-order valence-corrected chi connectivity index (χ0v) is 10.2. The van der Waals surface area contributed by atoms with E-state index in [9.17, 15) is 12.8 Å². The first kappa shape index (κ1) is 11.9. The number of benzene rings is 1. The van der Waals surface area contributed by atoms with Crippen LogP contribution in [0.4, 0.5) is 4.39 Å². The van der Waals surface area contributed by atoms with Crippen LogP contribution in [0.25, 0.3) is 0 Å². The van der Waals surface area contributed by atoms with Gasteiger partial charge in [-0.25, -0.2) is 17.5 Å². The summed E-state index contributed by atoms with van der Waals surface area (Å²) in [5, 5.41) is -0.161. The van der Waals surface area contributed by atoms with Gasteiger partial charge in [-0.15, -0.1) is 0 Å². The van der Waals surface area contributed by atoms with Crippen LogP contribution < -0.4 is 4.72 Å². The Morgan fingerprint density at radius 2 is 2.07 bits per heavy atom. The lowest BCUT2D eigenvalue weighted by Crippen LogP contribution is -2.19. The molecule has 0 heterocycles. The van der Waals surface area contributed by atoms with E-state index in [1.807, 2.05) is 0 Å². The summed E-state index contributed by atoms with van der Waals surface area (Å²) >= 11 is 8.54. The highest BCUT2D eigenvalue weighted by Crippen LogP contribution is 2.30. The maximum Gasteiger partial charge on any atom is 0.242 e. The van der Waals surface area contributed by atoms with Gasteiger partial charge >= 0.3 is 0 Å². The smallest absolute Gasteiger partial charge is 0.214 e. The van der Waals surface area contributed by atoms with Gasteiger partial charge in [0.2, 0.25) is 10.0 Å². The van der Waals surface area contributed by atoms with E-state index in [0.29, 0.717) is 0 Å². The largest absolute Gasteiger partial charge is 0.242 e. The van der Waals surface area contributed by atoms with Gasteiger partial charge in [-0.05, 0) is 35.1 Å². The van der Waals surface area contributed by atoms with Gasteiger partial charge in [-0.3, -0.25) is 0 Å². The van der Waals surface area contributed by atoms with Crippen molar-refractivity contribution in [2.45, 2.75) is 4.90 Å². The molecule has 0 fully saturated rings. The van der Waals surface area contributed by atoms with E-state index < -0.39 is 15.8 Å². The Morgan fingerprint density at radius 3 is 2.50 bits per heavy atom. The third kappa shape index (κ3) is 2.25. The Bertz CT molecular complexity index is 440. The van der Waals surface area contributed by atoms with E-state index >= 15 is 0 Å². The van der Waals surface area contributed by atoms with Crippen LogP contribution in [0, 0.1) is 5.82 Å². The Hall–Kier alpha value is -0.170. The number of halogens is 3. The number of sulfonamides is 1. The summed E-state index contributed by atoms with van der Waals surface area (Å²) in [4.78, 5) is -0.164. The van der Waals surface area contributed by atoms with Gasteiger partial charge in [-0.2, -0.15) is 0 Å². The molecule has 1 aromatic rings. The van der Waals surface area contributed by atoms with Gasteiger partial charge in [0.25, 0.3) is 0 Å². The third-order valence-electron chi connectivity index (χ3n) is 1.50. The van der Waals surface area contributed by atoms with Gasteiger partial charge in [0.1, 0.15) is 10.7 Å². The van der Waals surface area contributed by atoms with E-state index in [-0.39, 0.29) is 14.4 Å². The molecule has 0 aliphatic heterocycles. The molecular weight excluding hydrogens is 297 g/mol. The molecule has 0 radical (unpaired) electrons. The Balaban J connectivity index is 3.51. The van der Waals surface area contributed by atoms with Crippen molar-refractivity contribution in [3.05, 3.63) is 27.4 Å². The second kappa shape index (κ2) is 4.14. The van der Waals surface area contributed by atoms with E-state index in [0.717, 1.165) is 12.1 Å². The van der Waals surface area contributed by atoms with Crippen molar-refractivity contribution in [3.8, 4) is 0 Å². The average Bonchev–Trinajstić information content (AvgIpc) is 2.01. The summed E-state index contributed by atoms with van der Waals surface area (Å²) in [5.74, 6) is -0.600. The van der Waals surface area contributed by atoms with Crippen molar-refractivity contribution < 1.29 is 12.8 Å². The van der Waals surface area contributed by atoms with Crippen molar-refractivity contribution >= 4 is 37.6 Å². The monoisotopic (exact) mass is 301 g/mol. The minimum absolute atomic E-state index is 0.0943. The summed E-state index contributed by atoms with van der Waals surface area (Å²) in [5.41, 5.74) is 0. The van der Waals surface area contributed by atoms with E-state index in [1.165, 1.54) is 7.05 Å². The lowest BCUT2D eigenvalue weighted by atomic mass is 10.3. The normalized spacial score (nSPS) is 11.7. The molecule has 0 aromatic heterocycles. The zero-order chi connectivity index (χ0) is 10.9. The van der Waals surface area contributed by atoms with Crippen molar-refractivity contribution in [1.29, 1.82) is 0 Å². The Morgan fingerprint density at radius 1 is 1.50 bits per heavy atom. The fourth-order valence-electron chi connectivity index (χ4n) is 0.888. The van der Waals surface area contributed by atoms with Crippen molar-refractivity contribution in [2.24, 2.45) is 0 Å². The molecule has 78 valence electrons. The minimum atomic E-state index is -3.67. The number of nitrogens with one attached hydrogen (secondary N) is 1. The van der Waals surface area contributed by atoms with Crippen LogP contribution in [0.1, 0.15) is 0 Å². The number of rotatable bonds is 2. The summed E-state index contributed by atoms with van der Waals surface area (Å²) in [6, 6.07) is 1.98. The molecule has 0 saturated heterocycles. The first-order valence-electron chi connectivity index (χ1n) is 3.46. The highest BCUT2D eigenvalue weighted by molar-refractivity contribution is 9.10. The molecule has 0 aliphatic carbocycles. The molecule has 0 saturated carbocycles. The zero-order valence-electron chi connectivity index (χ0n) is 7.01. The molecule has 14 heavy (non-hydrogen) atoms. The quantitative estimate of drug-likeness (QED) is 0.910. The van der Waals surface area contributed by atoms with Gasteiger partial charge in [0.05, 0.1) is 5.02 Å². The summed E-state index contributed by atoms with van der Waals surface area (Å²) in [6.07, 6.45) is 0. The molecule has 0 aliphatic rings. The third-order valence-corrected chi connectivity index (χ3v) is 4.31. The summed E-state index contributed by atoms with van der Waals surface area (Å²) < 4.78 is 37.8. The molecule has 0 atom stereocenters. The second-order valence-corrected chi connectivity index (χ2v) is 5.49. The van der Waals surface area contributed by atoms with E-state index in [2.05, 4.69) is 20.7 Å². The highest BCUT2D eigenvalue weighted by atomic mass is 79.9. The molecule has 3 nitrogen and oxygen atoms in total.